The van der Waals surface area contributed by atoms with Crippen LogP contribution in [0.2, 0.25) is 0 Å². The van der Waals surface area contributed by atoms with Crippen LogP contribution in [0.15, 0.2) is 45.8 Å². The number of aliphatic hydroxyl groups excluding tert-OH is 1. The van der Waals surface area contributed by atoms with Gasteiger partial charge in [-0.3, -0.25) is 0 Å². The minimum absolute atomic E-state index is 0.262. The highest BCUT2D eigenvalue weighted by Gasteiger charge is 2.63. The second-order valence-corrected chi connectivity index (χ2v) is 9.73. The van der Waals surface area contributed by atoms with Crippen LogP contribution in [0.25, 0.3) is 0 Å². The predicted molar refractivity (Wildman–Crippen MR) is 99.5 cm³/mol. The molecular weight excluding hydrogens is 294 g/mol. The van der Waals surface area contributed by atoms with E-state index in [1.807, 2.05) is 0 Å². The molecule has 24 heavy (non-hydrogen) atoms. The maximum absolute atomic E-state index is 10.4. The van der Waals surface area contributed by atoms with Gasteiger partial charge in [0.05, 0.1) is 0 Å². The summed E-state index contributed by atoms with van der Waals surface area (Å²) in [5, 5.41) is 10.4. The van der Waals surface area contributed by atoms with Crippen molar-refractivity contribution in [3.05, 3.63) is 45.8 Å². The van der Waals surface area contributed by atoms with E-state index in [4.69, 9.17) is 5.73 Å². The Bertz CT molecular complexity index is 729. The van der Waals surface area contributed by atoms with Crippen molar-refractivity contribution in [1.82, 2.24) is 0 Å². The average molecular weight is 325 g/mol. The largest absolute Gasteiger partial charge is 0.508 e. The smallest absolute Gasteiger partial charge is 0.116 e. The molecule has 1 saturated carbocycles. The summed E-state index contributed by atoms with van der Waals surface area (Å²) in [6.45, 7) is 14.0. The van der Waals surface area contributed by atoms with Gasteiger partial charge in [0, 0.05) is 12.1 Å². The fourth-order valence-electron chi connectivity index (χ4n) is 5.74. The van der Waals surface area contributed by atoms with Gasteiger partial charge < -0.3 is 10.8 Å². The molecule has 0 bridgehead atoms. The lowest BCUT2D eigenvalue weighted by molar-refractivity contribution is 0.314. The normalized spacial score (nSPS) is 33.0. The molecule has 4 aliphatic carbocycles. The first-order valence-corrected chi connectivity index (χ1v) is 9.42. The third-order valence-electron chi connectivity index (χ3n) is 7.25. The fourth-order valence-corrected chi connectivity index (χ4v) is 5.74. The van der Waals surface area contributed by atoms with E-state index in [9.17, 15) is 5.11 Å². The van der Waals surface area contributed by atoms with Crippen LogP contribution in [-0.2, 0) is 0 Å². The zero-order valence-corrected chi connectivity index (χ0v) is 15.6. The van der Waals surface area contributed by atoms with E-state index in [1.54, 1.807) is 5.57 Å². The molecule has 3 N–H and O–H groups in total. The van der Waals surface area contributed by atoms with Crippen molar-refractivity contribution >= 4 is 0 Å². The summed E-state index contributed by atoms with van der Waals surface area (Å²) >= 11 is 0. The lowest BCUT2D eigenvalue weighted by Gasteiger charge is -2.31. The predicted octanol–water partition coefficient (Wildman–Crippen LogP) is 5.20. The lowest BCUT2D eigenvalue weighted by Crippen LogP contribution is -2.18. The van der Waals surface area contributed by atoms with Crippen LogP contribution >= 0.6 is 0 Å². The van der Waals surface area contributed by atoms with E-state index in [0.717, 1.165) is 37.2 Å². The Balaban J connectivity index is 1.80. The highest BCUT2D eigenvalue weighted by Crippen LogP contribution is 2.71. The van der Waals surface area contributed by atoms with Crippen LogP contribution in [-0.4, -0.2) is 11.7 Å². The maximum atomic E-state index is 10.4. The molecule has 0 amide bonds. The topological polar surface area (TPSA) is 46.2 Å². The molecule has 0 aromatic carbocycles. The quantitative estimate of drug-likeness (QED) is 0.701. The molecule has 4 aliphatic rings. The van der Waals surface area contributed by atoms with Gasteiger partial charge in [0.25, 0.3) is 0 Å². The van der Waals surface area contributed by atoms with Crippen molar-refractivity contribution in [1.29, 1.82) is 0 Å². The molecular formula is C22H31NO. The van der Waals surface area contributed by atoms with Crippen molar-refractivity contribution in [3.8, 4) is 0 Å². The summed E-state index contributed by atoms with van der Waals surface area (Å²) in [6, 6.07) is 0. The van der Waals surface area contributed by atoms with Crippen LogP contribution < -0.4 is 5.73 Å². The Morgan fingerprint density at radius 2 is 1.96 bits per heavy atom. The van der Waals surface area contributed by atoms with E-state index in [2.05, 4.69) is 34.3 Å². The Labute approximate surface area is 146 Å². The molecule has 1 fully saturated rings. The van der Waals surface area contributed by atoms with Crippen molar-refractivity contribution in [2.75, 3.05) is 6.54 Å². The Hall–Kier alpha value is -1.28. The molecule has 0 spiro atoms. The van der Waals surface area contributed by atoms with Crippen molar-refractivity contribution in [3.63, 3.8) is 0 Å². The summed E-state index contributed by atoms with van der Waals surface area (Å²) in [5.41, 5.74) is 15.1. The number of rotatable bonds is 3. The van der Waals surface area contributed by atoms with Gasteiger partial charge in [-0.05, 0) is 71.5 Å². The molecule has 2 heteroatoms. The maximum Gasteiger partial charge on any atom is 0.116 e. The number of hydrogen-bond donors (Lipinski definition) is 2. The number of allylic oxidation sites excluding steroid dienone is 4. The SMILES string of the molecule is C=C(O)C1=C(C2=C(CN)CC3C2C3(C)C)CC2=C1CC(C)(C)CC2. The van der Waals surface area contributed by atoms with Gasteiger partial charge in [0.15, 0.2) is 0 Å². The van der Waals surface area contributed by atoms with E-state index >= 15 is 0 Å². The minimum atomic E-state index is 0.262. The van der Waals surface area contributed by atoms with Crippen LogP contribution in [0.1, 0.15) is 59.8 Å². The summed E-state index contributed by atoms with van der Waals surface area (Å²) in [7, 11) is 0. The molecule has 0 saturated heterocycles. The Kier molecular flexibility index (Phi) is 3.29. The standard InChI is InChI=1S/C22H31NO/c1-12(24)18-15(8-13-6-7-21(2,3)10-16(13)18)19-14(11-23)9-17-20(19)22(17,4)5/h17,20,24H,1,6-11,23H2,2-5H3. The monoisotopic (exact) mass is 325 g/mol. The summed E-state index contributed by atoms with van der Waals surface area (Å²) < 4.78 is 0. The second-order valence-electron chi connectivity index (χ2n) is 9.73. The van der Waals surface area contributed by atoms with E-state index in [1.165, 1.54) is 28.7 Å². The summed E-state index contributed by atoms with van der Waals surface area (Å²) in [6.07, 6.45) is 5.62. The van der Waals surface area contributed by atoms with Gasteiger partial charge in [0.1, 0.15) is 5.76 Å². The number of fused-ring (bicyclic) bond motifs is 1. The molecule has 2 unspecified atom stereocenters. The molecule has 0 heterocycles. The van der Waals surface area contributed by atoms with Crippen LogP contribution in [0.3, 0.4) is 0 Å². The first-order valence-electron chi connectivity index (χ1n) is 9.42. The van der Waals surface area contributed by atoms with Gasteiger partial charge in [0.2, 0.25) is 0 Å². The van der Waals surface area contributed by atoms with Gasteiger partial charge in [-0.15, -0.1) is 0 Å². The zero-order valence-electron chi connectivity index (χ0n) is 15.6. The zero-order chi connectivity index (χ0) is 17.4. The summed E-state index contributed by atoms with van der Waals surface area (Å²) in [5.74, 6) is 1.65. The van der Waals surface area contributed by atoms with Crippen molar-refractivity contribution in [2.24, 2.45) is 28.4 Å². The number of nitrogens with two attached hydrogens (primary N) is 1. The third kappa shape index (κ3) is 2.12. The fraction of sp³-hybridized carbons (Fsp3) is 0.636. The molecule has 4 rings (SSSR count). The molecule has 0 radical (unpaired) electrons. The Morgan fingerprint density at radius 3 is 2.58 bits per heavy atom. The first kappa shape index (κ1) is 16.2. The Morgan fingerprint density at radius 1 is 1.25 bits per heavy atom. The van der Waals surface area contributed by atoms with Gasteiger partial charge in [-0.2, -0.15) is 0 Å². The molecule has 0 aromatic heterocycles. The molecule has 2 atom stereocenters. The van der Waals surface area contributed by atoms with Gasteiger partial charge in [-0.25, -0.2) is 0 Å². The van der Waals surface area contributed by atoms with Gasteiger partial charge >= 0.3 is 0 Å². The molecule has 2 nitrogen and oxygen atoms in total. The van der Waals surface area contributed by atoms with E-state index in [0.29, 0.717) is 23.3 Å². The van der Waals surface area contributed by atoms with Crippen LogP contribution in [0, 0.1) is 22.7 Å². The van der Waals surface area contributed by atoms with Crippen molar-refractivity contribution < 1.29 is 5.11 Å². The summed E-state index contributed by atoms with van der Waals surface area (Å²) in [4.78, 5) is 0. The molecule has 0 aliphatic heterocycles. The van der Waals surface area contributed by atoms with Crippen LogP contribution in [0.5, 0.6) is 0 Å². The van der Waals surface area contributed by atoms with E-state index in [-0.39, 0.29) is 5.76 Å². The minimum Gasteiger partial charge on any atom is -0.508 e. The second kappa shape index (κ2) is 4.88. The van der Waals surface area contributed by atoms with Gasteiger partial charge in [-0.1, -0.05) is 45.4 Å². The number of hydrogen-bond acceptors (Lipinski definition) is 2. The average Bonchev–Trinajstić information content (AvgIpc) is 2.84. The van der Waals surface area contributed by atoms with Crippen molar-refractivity contribution in [2.45, 2.75) is 59.8 Å². The van der Waals surface area contributed by atoms with Crippen LogP contribution in [0.4, 0.5) is 0 Å². The number of aliphatic hydroxyl groups is 1. The first-order chi connectivity index (χ1) is 11.2. The highest BCUT2D eigenvalue weighted by atomic mass is 16.3. The van der Waals surface area contributed by atoms with E-state index < -0.39 is 0 Å². The lowest BCUT2D eigenvalue weighted by atomic mass is 9.74. The highest BCUT2D eigenvalue weighted by molar-refractivity contribution is 5.64. The molecule has 130 valence electrons. The molecule has 0 aromatic rings. The third-order valence-corrected chi connectivity index (χ3v) is 7.25.